The summed E-state index contributed by atoms with van der Waals surface area (Å²) in [7, 11) is 1.73. The molecular formula is C20H23BrN4O2. The summed E-state index contributed by atoms with van der Waals surface area (Å²) in [6.07, 6.45) is 5.50. The number of hydrogen-bond acceptors (Lipinski definition) is 5. The molecule has 1 amide bonds. The van der Waals surface area contributed by atoms with Crippen LogP contribution in [0.25, 0.3) is 0 Å². The molecule has 1 aliphatic carbocycles. The molecule has 1 aliphatic heterocycles. The van der Waals surface area contributed by atoms with Crippen LogP contribution in [0.4, 0.5) is 22.1 Å². The van der Waals surface area contributed by atoms with Crippen LogP contribution in [0.15, 0.2) is 35.1 Å². The zero-order chi connectivity index (χ0) is 19.4. The van der Waals surface area contributed by atoms with Crippen molar-refractivity contribution in [1.82, 2.24) is 9.97 Å². The van der Waals surface area contributed by atoms with Gasteiger partial charge in [0.1, 0.15) is 5.60 Å². The van der Waals surface area contributed by atoms with Gasteiger partial charge >= 0.3 is 6.09 Å². The first-order chi connectivity index (χ1) is 12.7. The number of carbonyl (C=O) groups is 1. The highest BCUT2D eigenvalue weighted by atomic mass is 79.9. The average Bonchev–Trinajstić information content (AvgIpc) is 3.31. The van der Waals surface area contributed by atoms with Crippen molar-refractivity contribution >= 4 is 39.3 Å². The number of aromatic nitrogens is 2. The summed E-state index contributed by atoms with van der Waals surface area (Å²) in [4.78, 5) is 25.1. The molecule has 2 heterocycles. The van der Waals surface area contributed by atoms with E-state index < -0.39 is 5.60 Å². The van der Waals surface area contributed by atoms with Crippen LogP contribution in [0.1, 0.15) is 39.2 Å². The van der Waals surface area contributed by atoms with Crippen molar-refractivity contribution in [2.45, 2.75) is 44.6 Å². The lowest BCUT2D eigenvalue weighted by Crippen LogP contribution is -2.34. The van der Waals surface area contributed by atoms with Gasteiger partial charge in [0.15, 0.2) is 0 Å². The highest BCUT2D eigenvalue weighted by Crippen LogP contribution is 2.58. The van der Waals surface area contributed by atoms with Gasteiger partial charge in [-0.25, -0.2) is 14.8 Å². The Morgan fingerprint density at radius 2 is 1.93 bits per heavy atom. The highest BCUT2D eigenvalue weighted by molar-refractivity contribution is 9.10. The molecule has 0 radical (unpaired) electrons. The number of nitrogens with zero attached hydrogens (tertiary/aromatic N) is 4. The number of anilines is 3. The molecule has 0 bridgehead atoms. The maximum atomic E-state index is 12.4. The van der Waals surface area contributed by atoms with E-state index in [4.69, 9.17) is 4.74 Å². The van der Waals surface area contributed by atoms with Gasteiger partial charge in [0.25, 0.3) is 0 Å². The van der Waals surface area contributed by atoms with Crippen molar-refractivity contribution in [2.75, 3.05) is 23.4 Å². The predicted molar refractivity (Wildman–Crippen MR) is 109 cm³/mol. The standard InChI is InChI=1S/C20H23BrN4O2/c1-19(2,3)27-18(26)24(4)14-5-6-15-16(9-14)25(12-20(15)7-8-20)17-22-10-13(21)11-23-17/h5-6,9-11H,7-8,12H2,1-4H3. The number of hydrogen-bond donors (Lipinski definition) is 0. The Morgan fingerprint density at radius 1 is 1.26 bits per heavy atom. The van der Waals surface area contributed by atoms with Gasteiger partial charge in [-0.05, 0) is 67.2 Å². The van der Waals surface area contributed by atoms with Crippen LogP contribution in [0.3, 0.4) is 0 Å². The molecule has 0 N–H and O–H groups in total. The highest BCUT2D eigenvalue weighted by Gasteiger charge is 2.52. The van der Waals surface area contributed by atoms with E-state index in [0.717, 1.165) is 22.4 Å². The van der Waals surface area contributed by atoms with Crippen molar-refractivity contribution in [3.63, 3.8) is 0 Å². The number of fused-ring (bicyclic) bond motifs is 2. The topological polar surface area (TPSA) is 58.6 Å². The Labute approximate surface area is 167 Å². The molecule has 1 fully saturated rings. The van der Waals surface area contributed by atoms with Crippen LogP contribution < -0.4 is 9.80 Å². The minimum Gasteiger partial charge on any atom is -0.443 e. The number of amides is 1. The van der Waals surface area contributed by atoms with Crippen LogP contribution in [0.5, 0.6) is 0 Å². The normalized spacial score (nSPS) is 17.0. The van der Waals surface area contributed by atoms with Crippen molar-refractivity contribution in [3.8, 4) is 0 Å². The Morgan fingerprint density at radius 3 is 2.52 bits per heavy atom. The summed E-state index contributed by atoms with van der Waals surface area (Å²) in [6, 6.07) is 6.17. The third-order valence-corrected chi connectivity index (χ3v) is 5.47. The van der Waals surface area contributed by atoms with Gasteiger partial charge in [-0.3, -0.25) is 4.90 Å². The second kappa shape index (κ2) is 6.19. The smallest absolute Gasteiger partial charge is 0.414 e. The van der Waals surface area contributed by atoms with Gasteiger partial charge in [0.05, 0.1) is 4.47 Å². The Balaban J connectivity index is 1.68. The van der Waals surface area contributed by atoms with Crippen LogP contribution >= 0.6 is 15.9 Å². The van der Waals surface area contributed by atoms with E-state index in [9.17, 15) is 4.79 Å². The molecule has 2 aliphatic rings. The number of rotatable bonds is 2. The first-order valence-electron chi connectivity index (χ1n) is 9.05. The van der Waals surface area contributed by atoms with Gasteiger partial charge in [0, 0.05) is 42.8 Å². The summed E-state index contributed by atoms with van der Waals surface area (Å²) < 4.78 is 6.35. The van der Waals surface area contributed by atoms with E-state index in [1.165, 1.54) is 18.4 Å². The molecule has 0 atom stereocenters. The van der Waals surface area contributed by atoms with Gasteiger partial charge in [-0.2, -0.15) is 0 Å². The summed E-state index contributed by atoms with van der Waals surface area (Å²) in [5.74, 6) is 0.681. The van der Waals surface area contributed by atoms with Gasteiger partial charge in [-0.15, -0.1) is 0 Å². The largest absolute Gasteiger partial charge is 0.443 e. The molecular weight excluding hydrogens is 408 g/mol. The van der Waals surface area contributed by atoms with E-state index >= 15 is 0 Å². The molecule has 1 aromatic carbocycles. The SMILES string of the molecule is CN(C(=O)OC(C)(C)C)c1ccc2c(c1)N(c1ncc(Br)cn1)CC21CC1. The molecule has 6 nitrogen and oxygen atoms in total. The average molecular weight is 431 g/mol. The van der Waals surface area contributed by atoms with Crippen LogP contribution in [0, 0.1) is 0 Å². The fourth-order valence-electron chi connectivity index (χ4n) is 3.51. The van der Waals surface area contributed by atoms with E-state index in [0.29, 0.717) is 5.95 Å². The van der Waals surface area contributed by atoms with Crippen LogP contribution in [-0.2, 0) is 10.2 Å². The van der Waals surface area contributed by atoms with E-state index in [1.54, 1.807) is 24.3 Å². The summed E-state index contributed by atoms with van der Waals surface area (Å²) in [5, 5.41) is 0. The minimum absolute atomic E-state index is 0.203. The number of carbonyl (C=O) groups excluding carboxylic acids is 1. The van der Waals surface area contributed by atoms with Crippen LogP contribution in [-0.4, -0.2) is 35.3 Å². The third kappa shape index (κ3) is 3.40. The van der Waals surface area contributed by atoms with Gasteiger partial charge in [-0.1, -0.05) is 6.07 Å². The molecule has 1 spiro atoms. The van der Waals surface area contributed by atoms with E-state index in [-0.39, 0.29) is 11.5 Å². The lowest BCUT2D eigenvalue weighted by Gasteiger charge is -2.25. The lowest BCUT2D eigenvalue weighted by molar-refractivity contribution is 0.0589. The van der Waals surface area contributed by atoms with Crippen molar-refractivity contribution in [2.24, 2.45) is 0 Å². The Hall–Kier alpha value is -2.15. The van der Waals surface area contributed by atoms with Crippen LogP contribution in [0.2, 0.25) is 0 Å². The maximum Gasteiger partial charge on any atom is 0.414 e. The lowest BCUT2D eigenvalue weighted by atomic mass is 9.98. The molecule has 27 heavy (non-hydrogen) atoms. The second-order valence-electron chi connectivity index (χ2n) is 8.31. The number of ether oxygens (including phenoxy) is 1. The van der Waals surface area contributed by atoms with Crippen molar-refractivity contribution in [3.05, 3.63) is 40.6 Å². The molecule has 2 aromatic rings. The van der Waals surface area contributed by atoms with Gasteiger partial charge in [0.2, 0.25) is 5.95 Å². The monoisotopic (exact) mass is 430 g/mol. The fourth-order valence-corrected chi connectivity index (χ4v) is 3.72. The van der Waals surface area contributed by atoms with Crippen molar-refractivity contribution < 1.29 is 9.53 Å². The summed E-state index contributed by atoms with van der Waals surface area (Å²) in [5.41, 5.74) is 2.85. The maximum absolute atomic E-state index is 12.4. The zero-order valence-electron chi connectivity index (χ0n) is 16.0. The second-order valence-corrected chi connectivity index (χ2v) is 9.22. The molecule has 0 unspecified atom stereocenters. The Bertz CT molecular complexity index is 888. The van der Waals surface area contributed by atoms with E-state index in [1.807, 2.05) is 32.9 Å². The molecule has 0 saturated heterocycles. The summed E-state index contributed by atoms with van der Waals surface area (Å²) >= 11 is 3.39. The zero-order valence-corrected chi connectivity index (χ0v) is 17.6. The number of halogens is 1. The molecule has 1 aromatic heterocycles. The molecule has 7 heteroatoms. The van der Waals surface area contributed by atoms with Crippen molar-refractivity contribution in [1.29, 1.82) is 0 Å². The van der Waals surface area contributed by atoms with E-state index in [2.05, 4.69) is 36.9 Å². The quantitative estimate of drug-likeness (QED) is 0.684. The minimum atomic E-state index is -0.530. The predicted octanol–water partition coefficient (Wildman–Crippen LogP) is 4.79. The number of benzene rings is 1. The Kier molecular flexibility index (Phi) is 4.18. The molecule has 1 saturated carbocycles. The first kappa shape index (κ1) is 18.2. The van der Waals surface area contributed by atoms with Gasteiger partial charge < -0.3 is 9.64 Å². The summed E-state index contributed by atoms with van der Waals surface area (Å²) in [6.45, 7) is 6.48. The third-order valence-electron chi connectivity index (χ3n) is 5.06. The fraction of sp³-hybridized carbons (Fsp3) is 0.450. The molecule has 142 valence electrons. The first-order valence-corrected chi connectivity index (χ1v) is 9.84. The molecule has 4 rings (SSSR count).